The van der Waals surface area contributed by atoms with Crippen LogP contribution in [-0.4, -0.2) is 45.8 Å². The fourth-order valence-electron chi connectivity index (χ4n) is 3.11. The molecule has 2 heterocycles. The Hall–Kier alpha value is -2.37. The van der Waals surface area contributed by atoms with Gasteiger partial charge in [-0.25, -0.2) is 4.98 Å². The molecular weight excluding hydrogens is 288 g/mol. The molecule has 1 aromatic carbocycles. The number of guanidine groups is 1. The Bertz CT molecular complexity index is 648. The number of aryl methyl sites for hydroxylation is 1. The molecule has 1 aliphatic rings. The smallest absolute Gasteiger partial charge is 0.194 e. The lowest BCUT2D eigenvalue weighted by molar-refractivity contribution is 0.458. The van der Waals surface area contributed by atoms with Gasteiger partial charge in [-0.15, -0.1) is 0 Å². The Morgan fingerprint density at radius 2 is 2.17 bits per heavy atom. The van der Waals surface area contributed by atoms with Crippen molar-refractivity contribution in [3.8, 4) is 0 Å². The Balaban J connectivity index is 1.53. The van der Waals surface area contributed by atoms with Gasteiger partial charge in [0.1, 0.15) is 12.2 Å². The lowest BCUT2D eigenvalue weighted by Gasteiger charge is -2.21. The third-order valence-electron chi connectivity index (χ3n) is 4.37. The molecule has 122 valence electrons. The van der Waals surface area contributed by atoms with Gasteiger partial charge in [0.2, 0.25) is 0 Å². The van der Waals surface area contributed by atoms with Crippen molar-refractivity contribution in [1.82, 2.24) is 25.0 Å². The highest BCUT2D eigenvalue weighted by Gasteiger charge is 2.25. The molecule has 1 atom stereocenters. The van der Waals surface area contributed by atoms with Crippen molar-refractivity contribution >= 4 is 5.96 Å². The molecule has 2 aromatic rings. The molecule has 6 heteroatoms. The van der Waals surface area contributed by atoms with Gasteiger partial charge >= 0.3 is 0 Å². The minimum Gasteiger partial charge on any atom is -0.349 e. The van der Waals surface area contributed by atoms with Crippen LogP contribution in [0.3, 0.4) is 0 Å². The van der Waals surface area contributed by atoms with Crippen LogP contribution in [0.5, 0.6) is 0 Å². The highest BCUT2D eigenvalue weighted by molar-refractivity contribution is 5.80. The number of aliphatic imine (C=N–C) groups is 1. The van der Waals surface area contributed by atoms with Gasteiger partial charge in [-0.2, -0.15) is 5.10 Å². The zero-order chi connectivity index (χ0) is 16.1. The van der Waals surface area contributed by atoms with Crippen molar-refractivity contribution in [3.63, 3.8) is 0 Å². The summed E-state index contributed by atoms with van der Waals surface area (Å²) >= 11 is 0. The molecule has 0 aliphatic carbocycles. The van der Waals surface area contributed by atoms with Crippen LogP contribution in [0.4, 0.5) is 0 Å². The first-order valence-electron chi connectivity index (χ1n) is 8.08. The molecule has 1 N–H and O–H groups in total. The van der Waals surface area contributed by atoms with Crippen LogP contribution in [0.2, 0.25) is 0 Å². The summed E-state index contributed by atoms with van der Waals surface area (Å²) in [5, 5.41) is 7.48. The van der Waals surface area contributed by atoms with Gasteiger partial charge in [0.05, 0.1) is 6.54 Å². The molecule has 0 bridgehead atoms. The van der Waals surface area contributed by atoms with E-state index in [-0.39, 0.29) is 0 Å². The van der Waals surface area contributed by atoms with Crippen molar-refractivity contribution in [1.29, 1.82) is 0 Å². The summed E-state index contributed by atoms with van der Waals surface area (Å²) in [5.74, 6) is 2.54. The maximum absolute atomic E-state index is 4.41. The van der Waals surface area contributed by atoms with Gasteiger partial charge in [0.25, 0.3) is 0 Å². The van der Waals surface area contributed by atoms with Crippen molar-refractivity contribution in [3.05, 3.63) is 48.0 Å². The number of nitrogens with zero attached hydrogens (tertiary/aromatic N) is 5. The van der Waals surface area contributed by atoms with Crippen LogP contribution in [0, 0.1) is 5.92 Å². The quantitative estimate of drug-likeness (QED) is 0.686. The van der Waals surface area contributed by atoms with Crippen LogP contribution in [0.15, 0.2) is 41.7 Å². The topological polar surface area (TPSA) is 58.3 Å². The molecule has 0 radical (unpaired) electrons. The summed E-state index contributed by atoms with van der Waals surface area (Å²) in [6.07, 6.45) is 3.92. The van der Waals surface area contributed by atoms with Gasteiger partial charge < -0.3 is 10.2 Å². The van der Waals surface area contributed by atoms with E-state index in [0.717, 1.165) is 31.3 Å². The minimum absolute atomic E-state index is 0.642. The lowest BCUT2D eigenvalue weighted by atomic mass is 9.99. The van der Waals surface area contributed by atoms with Gasteiger partial charge in [-0.05, 0) is 24.3 Å². The van der Waals surface area contributed by atoms with E-state index >= 15 is 0 Å². The first kappa shape index (κ1) is 15.5. The molecule has 1 unspecified atom stereocenters. The molecule has 3 rings (SSSR count). The van der Waals surface area contributed by atoms with Crippen molar-refractivity contribution in [2.45, 2.75) is 19.4 Å². The second kappa shape index (κ2) is 7.26. The monoisotopic (exact) mass is 312 g/mol. The molecule has 23 heavy (non-hydrogen) atoms. The Morgan fingerprint density at radius 1 is 1.35 bits per heavy atom. The third kappa shape index (κ3) is 3.88. The summed E-state index contributed by atoms with van der Waals surface area (Å²) in [5.41, 5.74) is 1.42. The molecule has 0 spiro atoms. The Morgan fingerprint density at radius 3 is 2.87 bits per heavy atom. The average molecular weight is 312 g/mol. The molecule has 1 aliphatic heterocycles. The zero-order valence-corrected chi connectivity index (χ0v) is 13.8. The summed E-state index contributed by atoms with van der Waals surface area (Å²) in [7, 11) is 3.74. The zero-order valence-electron chi connectivity index (χ0n) is 13.8. The molecule has 1 saturated heterocycles. The predicted octanol–water partition coefficient (Wildman–Crippen LogP) is 1.46. The summed E-state index contributed by atoms with van der Waals surface area (Å²) in [6, 6.07) is 10.7. The number of likely N-dealkylation sites (tertiary alicyclic amines) is 1. The minimum atomic E-state index is 0.642. The van der Waals surface area contributed by atoms with Crippen LogP contribution in [0.25, 0.3) is 0 Å². The Labute approximate surface area is 137 Å². The number of aromatic nitrogens is 3. The van der Waals surface area contributed by atoms with Gasteiger partial charge in [0.15, 0.2) is 5.96 Å². The van der Waals surface area contributed by atoms with Crippen molar-refractivity contribution in [2.75, 3.05) is 20.1 Å². The van der Waals surface area contributed by atoms with E-state index in [0.29, 0.717) is 12.5 Å². The van der Waals surface area contributed by atoms with Crippen LogP contribution in [-0.2, 0) is 20.0 Å². The largest absolute Gasteiger partial charge is 0.349 e. The fourth-order valence-corrected chi connectivity index (χ4v) is 3.11. The number of rotatable bonds is 4. The van der Waals surface area contributed by atoms with E-state index in [1.165, 1.54) is 12.0 Å². The van der Waals surface area contributed by atoms with Crippen LogP contribution in [0.1, 0.15) is 17.8 Å². The number of hydrogen-bond acceptors (Lipinski definition) is 3. The number of hydrogen-bond donors (Lipinski definition) is 1. The van der Waals surface area contributed by atoms with Gasteiger partial charge in [0, 0.05) is 27.2 Å². The lowest BCUT2D eigenvalue weighted by Crippen LogP contribution is -2.40. The molecular formula is C17H24N6. The second-order valence-corrected chi connectivity index (χ2v) is 5.99. The maximum Gasteiger partial charge on any atom is 0.194 e. The van der Waals surface area contributed by atoms with Crippen LogP contribution >= 0.6 is 0 Å². The maximum atomic E-state index is 4.41. The number of nitrogens with one attached hydrogen (secondary N) is 1. The SMILES string of the molecule is CN=C(NCc1ncnn1C)N1CCC(Cc2ccccc2)C1. The molecule has 0 amide bonds. The van der Waals surface area contributed by atoms with E-state index < -0.39 is 0 Å². The second-order valence-electron chi connectivity index (χ2n) is 5.99. The van der Waals surface area contributed by atoms with E-state index in [1.54, 1.807) is 11.0 Å². The first-order valence-corrected chi connectivity index (χ1v) is 8.08. The summed E-state index contributed by atoms with van der Waals surface area (Å²) in [6.45, 7) is 2.74. The summed E-state index contributed by atoms with van der Waals surface area (Å²) in [4.78, 5) is 11.0. The molecule has 1 fully saturated rings. The van der Waals surface area contributed by atoms with Crippen molar-refractivity contribution in [2.24, 2.45) is 18.0 Å². The first-order chi connectivity index (χ1) is 11.3. The molecule has 0 saturated carbocycles. The number of benzene rings is 1. The third-order valence-corrected chi connectivity index (χ3v) is 4.37. The average Bonchev–Trinajstić information content (AvgIpc) is 3.19. The molecule has 1 aromatic heterocycles. The molecule has 6 nitrogen and oxygen atoms in total. The van der Waals surface area contributed by atoms with Gasteiger partial charge in [-0.1, -0.05) is 30.3 Å². The predicted molar refractivity (Wildman–Crippen MR) is 91.0 cm³/mol. The van der Waals surface area contributed by atoms with Crippen molar-refractivity contribution < 1.29 is 0 Å². The van der Waals surface area contributed by atoms with Crippen LogP contribution < -0.4 is 5.32 Å². The highest BCUT2D eigenvalue weighted by Crippen LogP contribution is 2.20. The Kier molecular flexibility index (Phi) is 4.90. The summed E-state index contributed by atoms with van der Waals surface area (Å²) < 4.78 is 1.78. The van der Waals surface area contributed by atoms with E-state index in [1.807, 2.05) is 14.1 Å². The van der Waals surface area contributed by atoms with E-state index in [9.17, 15) is 0 Å². The normalized spacial score (nSPS) is 18.4. The standard InChI is InChI=1S/C17H24N6/c1-18-17(19-11-16-20-13-21-22(16)2)23-9-8-15(12-23)10-14-6-4-3-5-7-14/h3-7,13,15H,8-12H2,1-2H3,(H,18,19). The fraction of sp³-hybridized carbons (Fsp3) is 0.471. The highest BCUT2D eigenvalue weighted by atomic mass is 15.3. The van der Waals surface area contributed by atoms with E-state index in [4.69, 9.17) is 0 Å². The van der Waals surface area contributed by atoms with E-state index in [2.05, 4.69) is 55.6 Å². The van der Waals surface area contributed by atoms with Gasteiger partial charge in [-0.3, -0.25) is 9.67 Å².